The molecule has 74 valence electrons. The van der Waals surface area contributed by atoms with Gasteiger partial charge in [-0.1, -0.05) is 0 Å². The molecule has 0 unspecified atom stereocenters. The van der Waals surface area contributed by atoms with Crippen molar-refractivity contribution in [1.82, 2.24) is 5.43 Å². The van der Waals surface area contributed by atoms with Crippen LogP contribution in [-0.4, -0.2) is 30.8 Å². The summed E-state index contributed by atoms with van der Waals surface area (Å²) in [7, 11) is 0. The Morgan fingerprint density at radius 1 is 1.54 bits per heavy atom. The number of rotatable bonds is 1. The molecule has 13 heavy (non-hydrogen) atoms. The molecule has 2 heterocycles. The van der Waals surface area contributed by atoms with Crippen LogP contribution in [0.25, 0.3) is 0 Å². The van der Waals surface area contributed by atoms with Gasteiger partial charge in [0.05, 0.1) is 19.1 Å². The third-order valence-corrected chi connectivity index (χ3v) is 2.58. The maximum atomic E-state index is 5.36. The molecular weight excluding hydrogens is 192 g/mol. The number of thiocarbonyl (C=S) groups is 1. The highest BCUT2D eigenvalue weighted by Crippen LogP contribution is 2.32. The minimum absolute atomic E-state index is 0.0175. The van der Waals surface area contributed by atoms with Crippen LogP contribution < -0.4 is 11.3 Å². The summed E-state index contributed by atoms with van der Waals surface area (Å²) < 4.78 is 16.0. The van der Waals surface area contributed by atoms with Gasteiger partial charge in [0.25, 0.3) is 5.17 Å². The first kappa shape index (κ1) is 9.14. The Morgan fingerprint density at radius 3 is 3.15 bits per heavy atom. The Kier molecular flexibility index (Phi) is 2.63. The van der Waals surface area contributed by atoms with Gasteiger partial charge in [-0.15, -0.1) is 0 Å². The normalized spacial score (nSPS) is 37.2. The SMILES string of the molecule is NNC(=S)O[C@H]1CO[C@H]2OCC[C@H]21. The summed E-state index contributed by atoms with van der Waals surface area (Å²) in [6, 6.07) is 0. The van der Waals surface area contributed by atoms with Gasteiger partial charge in [0, 0.05) is 0 Å². The molecule has 6 heteroatoms. The number of nitrogens with one attached hydrogen (secondary N) is 1. The number of nitrogens with two attached hydrogens (primary N) is 1. The minimum atomic E-state index is -0.106. The molecule has 2 saturated heterocycles. The average molecular weight is 204 g/mol. The minimum Gasteiger partial charge on any atom is -0.464 e. The van der Waals surface area contributed by atoms with E-state index in [1.54, 1.807) is 0 Å². The lowest BCUT2D eigenvalue weighted by Gasteiger charge is -2.16. The molecule has 0 aromatic carbocycles. The summed E-state index contributed by atoms with van der Waals surface area (Å²) in [5.41, 5.74) is 2.28. The van der Waals surface area contributed by atoms with Crippen LogP contribution in [0, 0.1) is 5.92 Å². The van der Waals surface area contributed by atoms with Gasteiger partial charge in [-0.25, -0.2) is 5.84 Å². The Hall–Kier alpha value is -0.430. The van der Waals surface area contributed by atoms with Crippen LogP contribution in [0.2, 0.25) is 0 Å². The highest BCUT2D eigenvalue weighted by molar-refractivity contribution is 7.80. The maximum Gasteiger partial charge on any atom is 0.271 e. The lowest BCUT2D eigenvalue weighted by molar-refractivity contribution is -0.0906. The van der Waals surface area contributed by atoms with Crippen LogP contribution in [-0.2, 0) is 14.2 Å². The second-order valence-corrected chi connectivity index (χ2v) is 3.48. The molecular formula is C7H12N2O3S. The first-order chi connectivity index (χ1) is 6.31. The Balaban J connectivity index is 1.90. The zero-order valence-electron chi connectivity index (χ0n) is 7.06. The zero-order chi connectivity index (χ0) is 9.26. The van der Waals surface area contributed by atoms with Gasteiger partial charge < -0.3 is 14.2 Å². The molecule has 0 bridgehead atoms. The fourth-order valence-electron chi connectivity index (χ4n) is 1.72. The highest BCUT2D eigenvalue weighted by atomic mass is 32.1. The van der Waals surface area contributed by atoms with Crippen molar-refractivity contribution in [3.05, 3.63) is 0 Å². The summed E-state index contributed by atoms with van der Waals surface area (Å²) >= 11 is 4.80. The van der Waals surface area contributed by atoms with Gasteiger partial charge in [0.15, 0.2) is 6.29 Å². The van der Waals surface area contributed by atoms with Crippen LogP contribution in [0.5, 0.6) is 0 Å². The molecule has 0 spiro atoms. The smallest absolute Gasteiger partial charge is 0.271 e. The van der Waals surface area contributed by atoms with Crippen molar-refractivity contribution < 1.29 is 14.2 Å². The monoisotopic (exact) mass is 204 g/mol. The zero-order valence-corrected chi connectivity index (χ0v) is 7.88. The molecule has 0 saturated carbocycles. The summed E-state index contributed by atoms with van der Waals surface area (Å²) in [4.78, 5) is 0. The predicted octanol–water partition coefficient (Wildman–Crippen LogP) is -0.487. The summed E-state index contributed by atoms with van der Waals surface area (Å²) in [6.45, 7) is 1.26. The Bertz CT molecular complexity index is 214. The van der Waals surface area contributed by atoms with Crippen molar-refractivity contribution in [3.8, 4) is 0 Å². The quantitative estimate of drug-likeness (QED) is 0.341. The lowest BCUT2D eigenvalue weighted by atomic mass is 10.0. The average Bonchev–Trinajstić information content (AvgIpc) is 2.69. The third-order valence-electron chi connectivity index (χ3n) is 2.36. The van der Waals surface area contributed by atoms with Crippen LogP contribution in [0.4, 0.5) is 0 Å². The molecule has 0 radical (unpaired) electrons. The van der Waals surface area contributed by atoms with E-state index in [1.807, 2.05) is 0 Å². The van der Waals surface area contributed by atoms with E-state index in [2.05, 4.69) is 5.43 Å². The molecule has 0 aromatic rings. The van der Waals surface area contributed by atoms with Gasteiger partial charge in [0.1, 0.15) is 6.10 Å². The van der Waals surface area contributed by atoms with E-state index in [1.165, 1.54) is 0 Å². The molecule has 0 aliphatic carbocycles. The largest absolute Gasteiger partial charge is 0.464 e. The molecule has 5 nitrogen and oxygen atoms in total. The number of hydrazine groups is 1. The molecule has 0 amide bonds. The molecule has 2 rings (SSSR count). The second-order valence-electron chi connectivity index (χ2n) is 3.11. The van der Waals surface area contributed by atoms with Crippen LogP contribution >= 0.6 is 12.2 Å². The van der Waals surface area contributed by atoms with Crippen molar-refractivity contribution >= 4 is 17.4 Å². The molecule has 3 atom stereocenters. The maximum absolute atomic E-state index is 5.36. The van der Waals surface area contributed by atoms with E-state index < -0.39 is 0 Å². The Morgan fingerprint density at radius 2 is 2.38 bits per heavy atom. The summed E-state index contributed by atoms with van der Waals surface area (Å²) in [5.74, 6) is 5.40. The number of ether oxygens (including phenoxy) is 3. The van der Waals surface area contributed by atoms with Gasteiger partial charge in [-0.3, -0.25) is 5.43 Å². The van der Waals surface area contributed by atoms with Crippen molar-refractivity contribution in [2.45, 2.75) is 18.8 Å². The van der Waals surface area contributed by atoms with Gasteiger partial charge in [0.2, 0.25) is 0 Å². The van der Waals surface area contributed by atoms with Gasteiger partial charge in [-0.2, -0.15) is 0 Å². The number of fused-ring (bicyclic) bond motifs is 1. The van der Waals surface area contributed by atoms with Crippen molar-refractivity contribution in [1.29, 1.82) is 0 Å². The standard InChI is InChI=1S/C7H12N2O3S/c8-9-7(13)12-5-3-11-6-4(5)1-2-10-6/h4-6H,1-3,8H2,(H,9,13)/t4-,5-,6+/m0/s1. The summed E-state index contributed by atoms with van der Waals surface area (Å²) in [5, 5.41) is 0.209. The van der Waals surface area contributed by atoms with E-state index in [0.717, 1.165) is 13.0 Å². The lowest BCUT2D eigenvalue weighted by Crippen LogP contribution is -2.36. The third kappa shape index (κ3) is 1.76. The fraction of sp³-hybridized carbons (Fsp3) is 0.857. The van der Waals surface area contributed by atoms with Crippen LogP contribution in [0.1, 0.15) is 6.42 Å². The number of hydrogen-bond acceptors (Lipinski definition) is 5. The Labute approximate surface area is 81.5 Å². The van der Waals surface area contributed by atoms with Crippen LogP contribution in [0.3, 0.4) is 0 Å². The van der Waals surface area contributed by atoms with E-state index >= 15 is 0 Å². The van der Waals surface area contributed by atoms with Crippen molar-refractivity contribution in [2.24, 2.45) is 11.8 Å². The molecule has 2 fully saturated rings. The summed E-state index contributed by atoms with van der Waals surface area (Å²) in [6.07, 6.45) is 0.837. The van der Waals surface area contributed by atoms with E-state index in [-0.39, 0.29) is 17.6 Å². The van der Waals surface area contributed by atoms with Crippen molar-refractivity contribution in [2.75, 3.05) is 13.2 Å². The molecule has 2 aliphatic heterocycles. The second kappa shape index (κ2) is 3.75. The molecule has 0 aromatic heterocycles. The highest BCUT2D eigenvalue weighted by Gasteiger charge is 2.43. The fourth-order valence-corrected chi connectivity index (χ4v) is 1.84. The number of hydrogen-bond donors (Lipinski definition) is 2. The van der Waals surface area contributed by atoms with E-state index in [4.69, 9.17) is 32.3 Å². The van der Waals surface area contributed by atoms with Gasteiger partial charge >= 0.3 is 0 Å². The molecule has 2 aliphatic rings. The van der Waals surface area contributed by atoms with Crippen LogP contribution in [0.15, 0.2) is 0 Å². The van der Waals surface area contributed by atoms with Crippen molar-refractivity contribution in [3.63, 3.8) is 0 Å². The van der Waals surface area contributed by atoms with Gasteiger partial charge in [-0.05, 0) is 18.6 Å². The first-order valence-electron chi connectivity index (χ1n) is 4.21. The topological polar surface area (TPSA) is 65.7 Å². The first-order valence-corrected chi connectivity index (χ1v) is 4.62. The van der Waals surface area contributed by atoms with E-state index in [0.29, 0.717) is 12.5 Å². The van der Waals surface area contributed by atoms with E-state index in [9.17, 15) is 0 Å². The predicted molar refractivity (Wildman–Crippen MR) is 48.6 cm³/mol. The molecule has 3 N–H and O–H groups in total.